The smallest absolute Gasteiger partial charge is 0.225 e. The van der Waals surface area contributed by atoms with E-state index in [1.165, 1.54) is 11.1 Å². The summed E-state index contributed by atoms with van der Waals surface area (Å²) >= 11 is 0. The summed E-state index contributed by atoms with van der Waals surface area (Å²) < 4.78 is 0. The van der Waals surface area contributed by atoms with Crippen molar-refractivity contribution in [1.82, 2.24) is 15.5 Å². The zero-order valence-electron chi connectivity index (χ0n) is 14.6. The molecule has 2 N–H and O–H groups in total. The van der Waals surface area contributed by atoms with Crippen LogP contribution < -0.4 is 10.6 Å². The van der Waals surface area contributed by atoms with Crippen LogP contribution >= 0.6 is 0 Å². The fraction of sp³-hybridized carbons (Fsp3) is 0.556. The molecule has 0 aromatic heterocycles. The maximum atomic E-state index is 11.8. The van der Waals surface area contributed by atoms with Crippen molar-refractivity contribution >= 4 is 11.9 Å². The van der Waals surface area contributed by atoms with Crippen LogP contribution in [0.5, 0.6) is 0 Å². The van der Waals surface area contributed by atoms with Crippen molar-refractivity contribution in [3.63, 3.8) is 0 Å². The van der Waals surface area contributed by atoms with Gasteiger partial charge in [0.1, 0.15) is 0 Å². The summed E-state index contributed by atoms with van der Waals surface area (Å²) in [5, 5.41) is 6.28. The van der Waals surface area contributed by atoms with Gasteiger partial charge >= 0.3 is 0 Å². The molecule has 1 aliphatic rings. The lowest BCUT2D eigenvalue weighted by Gasteiger charge is -2.31. The highest BCUT2D eigenvalue weighted by Crippen LogP contribution is 2.18. The van der Waals surface area contributed by atoms with Gasteiger partial charge in [0, 0.05) is 38.6 Å². The number of benzene rings is 1. The van der Waals surface area contributed by atoms with Crippen molar-refractivity contribution in [1.29, 1.82) is 0 Å². The van der Waals surface area contributed by atoms with E-state index in [1.54, 1.807) is 7.05 Å². The number of nitrogens with one attached hydrogen (secondary N) is 2. The van der Waals surface area contributed by atoms with E-state index in [4.69, 9.17) is 0 Å². The Bertz CT molecular complexity index is 575. The third-order valence-corrected chi connectivity index (χ3v) is 4.02. The standard InChI is InChI=1S/C18H28N4O/c1-18(2,3)16(23)20-10-11-21-17(19-4)22-12-9-14-7-5-6-8-15(14)13-22/h5-8H,9-13H2,1-4H3,(H,19,21)(H,20,23). The van der Waals surface area contributed by atoms with Gasteiger partial charge in [-0.05, 0) is 17.5 Å². The van der Waals surface area contributed by atoms with Crippen LogP contribution in [0, 0.1) is 5.41 Å². The highest BCUT2D eigenvalue weighted by atomic mass is 16.2. The van der Waals surface area contributed by atoms with E-state index in [1.807, 2.05) is 20.8 Å². The molecule has 0 radical (unpaired) electrons. The van der Waals surface area contributed by atoms with Crippen molar-refractivity contribution in [2.45, 2.75) is 33.7 Å². The first-order chi connectivity index (χ1) is 10.9. The molecule has 1 aromatic carbocycles. The molecule has 0 unspecified atom stereocenters. The van der Waals surface area contributed by atoms with E-state index in [0.717, 1.165) is 25.5 Å². The molecule has 0 spiro atoms. The van der Waals surface area contributed by atoms with Crippen molar-refractivity contribution in [2.24, 2.45) is 10.4 Å². The van der Waals surface area contributed by atoms with Gasteiger partial charge in [0.05, 0.1) is 0 Å². The van der Waals surface area contributed by atoms with Crippen LogP contribution in [0.4, 0.5) is 0 Å². The lowest BCUT2D eigenvalue weighted by Crippen LogP contribution is -2.46. The molecule has 0 saturated heterocycles. The predicted molar refractivity (Wildman–Crippen MR) is 94.4 cm³/mol. The third kappa shape index (κ3) is 4.71. The fourth-order valence-corrected chi connectivity index (χ4v) is 2.62. The molecular formula is C18H28N4O. The van der Waals surface area contributed by atoms with Crippen molar-refractivity contribution < 1.29 is 4.79 Å². The first-order valence-corrected chi connectivity index (χ1v) is 8.22. The van der Waals surface area contributed by atoms with Gasteiger partial charge in [0.2, 0.25) is 5.91 Å². The molecule has 1 heterocycles. The molecule has 0 bridgehead atoms. The molecule has 0 fully saturated rings. The highest BCUT2D eigenvalue weighted by Gasteiger charge is 2.21. The highest BCUT2D eigenvalue weighted by molar-refractivity contribution is 5.82. The van der Waals surface area contributed by atoms with Crippen LogP contribution in [-0.2, 0) is 17.8 Å². The van der Waals surface area contributed by atoms with Crippen LogP contribution in [0.25, 0.3) is 0 Å². The molecule has 2 rings (SSSR count). The molecule has 1 aliphatic heterocycles. The zero-order valence-corrected chi connectivity index (χ0v) is 14.6. The number of hydrogen-bond donors (Lipinski definition) is 2. The van der Waals surface area contributed by atoms with E-state index in [2.05, 4.69) is 44.8 Å². The predicted octanol–water partition coefficient (Wildman–Crippen LogP) is 1.78. The van der Waals surface area contributed by atoms with Crippen LogP contribution in [0.2, 0.25) is 0 Å². The Labute approximate surface area is 139 Å². The molecular weight excluding hydrogens is 288 g/mol. The van der Waals surface area contributed by atoms with Crippen LogP contribution in [0.1, 0.15) is 31.9 Å². The van der Waals surface area contributed by atoms with Gasteiger partial charge < -0.3 is 15.5 Å². The molecule has 1 aromatic rings. The summed E-state index contributed by atoms with van der Waals surface area (Å²) in [6, 6.07) is 8.56. The maximum Gasteiger partial charge on any atom is 0.225 e. The molecule has 126 valence electrons. The normalized spacial score (nSPS) is 15.1. The van der Waals surface area contributed by atoms with Gasteiger partial charge in [0.15, 0.2) is 5.96 Å². The van der Waals surface area contributed by atoms with Crippen molar-refractivity contribution in [3.05, 3.63) is 35.4 Å². The lowest BCUT2D eigenvalue weighted by molar-refractivity contribution is -0.128. The lowest BCUT2D eigenvalue weighted by atomic mass is 9.96. The van der Waals surface area contributed by atoms with Crippen molar-refractivity contribution in [3.8, 4) is 0 Å². The van der Waals surface area contributed by atoms with Gasteiger partial charge in [-0.3, -0.25) is 9.79 Å². The summed E-state index contributed by atoms with van der Waals surface area (Å²) in [7, 11) is 1.80. The number of rotatable bonds is 3. The minimum absolute atomic E-state index is 0.0705. The molecule has 23 heavy (non-hydrogen) atoms. The van der Waals surface area contributed by atoms with E-state index in [9.17, 15) is 4.79 Å². The second-order valence-corrected chi connectivity index (χ2v) is 6.92. The number of guanidine groups is 1. The number of fused-ring (bicyclic) bond motifs is 1. The Balaban J connectivity index is 1.82. The van der Waals surface area contributed by atoms with Crippen LogP contribution in [-0.4, -0.2) is 43.4 Å². The van der Waals surface area contributed by atoms with E-state index >= 15 is 0 Å². The summed E-state index contributed by atoms with van der Waals surface area (Å²) in [6.45, 7) is 8.86. The Morgan fingerprint density at radius 3 is 2.48 bits per heavy atom. The van der Waals surface area contributed by atoms with Crippen LogP contribution in [0.15, 0.2) is 29.3 Å². The average molecular weight is 316 g/mol. The number of nitrogens with zero attached hydrogens (tertiary/aromatic N) is 2. The molecule has 5 nitrogen and oxygen atoms in total. The van der Waals surface area contributed by atoms with Gasteiger partial charge in [-0.25, -0.2) is 0 Å². The number of carbonyl (C=O) groups is 1. The average Bonchev–Trinajstić information content (AvgIpc) is 2.53. The fourth-order valence-electron chi connectivity index (χ4n) is 2.62. The first-order valence-electron chi connectivity index (χ1n) is 8.22. The first kappa shape index (κ1) is 17.3. The van der Waals surface area contributed by atoms with Crippen LogP contribution in [0.3, 0.4) is 0 Å². The van der Waals surface area contributed by atoms with E-state index in [0.29, 0.717) is 13.1 Å². The summed E-state index contributed by atoms with van der Waals surface area (Å²) in [5.41, 5.74) is 2.44. The van der Waals surface area contributed by atoms with Crippen molar-refractivity contribution in [2.75, 3.05) is 26.7 Å². The molecule has 0 atom stereocenters. The number of aliphatic imine (C=N–C) groups is 1. The van der Waals surface area contributed by atoms with Gasteiger partial charge in [-0.2, -0.15) is 0 Å². The molecule has 0 aliphatic carbocycles. The second kappa shape index (κ2) is 7.49. The Morgan fingerprint density at radius 2 is 1.83 bits per heavy atom. The number of carbonyl (C=O) groups excluding carboxylic acids is 1. The Hall–Kier alpha value is -2.04. The van der Waals surface area contributed by atoms with Gasteiger partial charge in [0.25, 0.3) is 0 Å². The summed E-state index contributed by atoms with van der Waals surface area (Å²) in [6.07, 6.45) is 1.04. The Kier molecular flexibility index (Phi) is 5.64. The molecule has 5 heteroatoms. The minimum Gasteiger partial charge on any atom is -0.354 e. The minimum atomic E-state index is -0.349. The zero-order chi connectivity index (χ0) is 16.9. The third-order valence-electron chi connectivity index (χ3n) is 4.02. The maximum absolute atomic E-state index is 11.8. The van der Waals surface area contributed by atoms with Gasteiger partial charge in [-0.15, -0.1) is 0 Å². The second-order valence-electron chi connectivity index (χ2n) is 6.92. The summed E-state index contributed by atoms with van der Waals surface area (Å²) in [4.78, 5) is 18.5. The van der Waals surface area contributed by atoms with E-state index in [-0.39, 0.29) is 11.3 Å². The quantitative estimate of drug-likeness (QED) is 0.508. The number of hydrogen-bond acceptors (Lipinski definition) is 2. The summed E-state index contributed by atoms with van der Waals surface area (Å²) in [5.74, 6) is 0.964. The number of amides is 1. The van der Waals surface area contributed by atoms with E-state index < -0.39 is 0 Å². The molecule has 1 amide bonds. The van der Waals surface area contributed by atoms with Gasteiger partial charge in [-0.1, -0.05) is 45.0 Å². The largest absolute Gasteiger partial charge is 0.354 e. The Morgan fingerprint density at radius 1 is 1.17 bits per heavy atom. The molecule has 0 saturated carbocycles. The topological polar surface area (TPSA) is 56.7 Å². The SMILES string of the molecule is CN=C(NCCNC(=O)C(C)(C)C)N1CCc2ccccc2C1. The monoisotopic (exact) mass is 316 g/mol.